The van der Waals surface area contributed by atoms with E-state index in [0.29, 0.717) is 33.4 Å². The van der Waals surface area contributed by atoms with Crippen LogP contribution in [0.2, 0.25) is 0 Å². The van der Waals surface area contributed by atoms with Crippen LogP contribution in [0.4, 0.5) is 29.1 Å². The summed E-state index contributed by atoms with van der Waals surface area (Å²) in [4.78, 5) is 26.3. The third-order valence-corrected chi connectivity index (χ3v) is 5.12. The molecule has 1 amide bonds. The van der Waals surface area contributed by atoms with E-state index < -0.39 is 18.4 Å². The minimum absolute atomic E-state index is 0.189. The Balaban J connectivity index is 1.70. The van der Waals surface area contributed by atoms with E-state index in [9.17, 15) is 22.4 Å². The lowest BCUT2D eigenvalue weighted by atomic mass is 10.0. The fraction of sp³-hybridized carbons (Fsp3) is 0.167. The van der Waals surface area contributed by atoms with Gasteiger partial charge >= 0.3 is 6.18 Å². The first-order valence-electron chi connectivity index (χ1n) is 10.1. The molecule has 0 spiro atoms. The highest BCUT2D eigenvalue weighted by Gasteiger charge is 2.30. The maximum atomic E-state index is 13.6. The van der Waals surface area contributed by atoms with Crippen LogP contribution in [0.25, 0.3) is 22.2 Å². The zero-order valence-electron chi connectivity index (χ0n) is 18.2. The van der Waals surface area contributed by atoms with Gasteiger partial charge in [-0.05, 0) is 30.3 Å². The van der Waals surface area contributed by atoms with Crippen LogP contribution in [0, 0.1) is 0 Å². The Morgan fingerprint density at radius 1 is 1.03 bits per heavy atom. The van der Waals surface area contributed by atoms with Gasteiger partial charge < -0.3 is 10.2 Å². The van der Waals surface area contributed by atoms with Crippen molar-refractivity contribution in [2.45, 2.75) is 12.9 Å². The molecule has 1 N–H and O–H groups in total. The lowest BCUT2D eigenvalue weighted by Gasteiger charge is -2.14. The Kier molecular flexibility index (Phi) is 6.14. The second-order valence-corrected chi connectivity index (χ2v) is 7.68. The standard InChI is InChI=1S/C24H19F4N5O/c1-33(2)23(34)19-7-4-15(12-25)22(32-19)14-3-6-17-18(9-10-29-20(17)11-14)31-21-8-5-16(13-30-21)24(26,27)28/h3-11,13H,12H2,1-2H3,(H,29,30,31). The Morgan fingerprint density at radius 3 is 2.47 bits per heavy atom. The largest absolute Gasteiger partial charge is 0.417 e. The smallest absolute Gasteiger partial charge is 0.343 e. The highest BCUT2D eigenvalue weighted by molar-refractivity contribution is 5.96. The molecule has 34 heavy (non-hydrogen) atoms. The Morgan fingerprint density at radius 2 is 1.82 bits per heavy atom. The summed E-state index contributed by atoms with van der Waals surface area (Å²) < 4.78 is 52.0. The van der Waals surface area contributed by atoms with E-state index >= 15 is 0 Å². The summed E-state index contributed by atoms with van der Waals surface area (Å²) in [5.74, 6) is -0.0676. The summed E-state index contributed by atoms with van der Waals surface area (Å²) in [6.45, 7) is -0.759. The summed E-state index contributed by atoms with van der Waals surface area (Å²) in [5.41, 5.74) is 1.72. The van der Waals surface area contributed by atoms with Gasteiger partial charge in [-0.1, -0.05) is 18.2 Å². The van der Waals surface area contributed by atoms with E-state index in [4.69, 9.17) is 0 Å². The Bertz CT molecular complexity index is 1350. The Hall–Kier alpha value is -4.08. The number of carbonyl (C=O) groups is 1. The van der Waals surface area contributed by atoms with Crippen molar-refractivity contribution in [3.63, 3.8) is 0 Å². The fourth-order valence-corrected chi connectivity index (χ4v) is 3.37. The first-order valence-corrected chi connectivity index (χ1v) is 10.1. The zero-order valence-corrected chi connectivity index (χ0v) is 18.2. The van der Waals surface area contributed by atoms with E-state index in [1.54, 1.807) is 38.4 Å². The highest BCUT2D eigenvalue weighted by atomic mass is 19.4. The van der Waals surface area contributed by atoms with Crippen LogP contribution in [-0.2, 0) is 12.9 Å². The van der Waals surface area contributed by atoms with Crippen LogP contribution in [0.1, 0.15) is 21.6 Å². The van der Waals surface area contributed by atoms with Gasteiger partial charge in [0.25, 0.3) is 5.91 Å². The molecule has 0 aliphatic rings. The van der Waals surface area contributed by atoms with E-state index in [-0.39, 0.29) is 17.4 Å². The minimum Gasteiger partial charge on any atom is -0.343 e. The van der Waals surface area contributed by atoms with Gasteiger partial charge in [0, 0.05) is 43.0 Å². The average molecular weight is 469 g/mol. The van der Waals surface area contributed by atoms with Crippen molar-refractivity contribution in [3.05, 3.63) is 77.7 Å². The molecule has 0 saturated heterocycles. The van der Waals surface area contributed by atoms with Gasteiger partial charge in [-0.25, -0.2) is 14.4 Å². The molecule has 0 aliphatic carbocycles. The number of hydrogen-bond acceptors (Lipinski definition) is 5. The molecular weight excluding hydrogens is 450 g/mol. The van der Waals surface area contributed by atoms with Crippen LogP contribution in [-0.4, -0.2) is 39.9 Å². The highest BCUT2D eigenvalue weighted by Crippen LogP contribution is 2.32. The van der Waals surface area contributed by atoms with Gasteiger partial charge in [0.1, 0.15) is 18.2 Å². The van der Waals surface area contributed by atoms with Gasteiger partial charge in [-0.2, -0.15) is 13.2 Å². The third kappa shape index (κ3) is 4.66. The summed E-state index contributed by atoms with van der Waals surface area (Å²) in [6, 6.07) is 12.1. The van der Waals surface area contributed by atoms with Crippen molar-refractivity contribution in [1.82, 2.24) is 19.9 Å². The molecule has 0 fully saturated rings. The molecule has 0 radical (unpaired) electrons. The number of aromatic nitrogens is 3. The lowest BCUT2D eigenvalue weighted by molar-refractivity contribution is -0.137. The third-order valence-electron chi connectivity index (χ3n) is 5.12. The van der Waals surface area contributed by atoms with Crippen molar-refractivity contribution in [3.8, 4) is 11.3 Å². The molecule has 1 aromatic carbocycles. The molecule has 6 nitrogen and oxygen atoms in total. The number of benzene rings is 1. The molecule has 174 valence electrons. The molecule has 0 bridgehead atoms. The number of amides is 1. The van der Waals surface area contributed by atoms with Crippen molar-refractivity contribution in [2.24, 2.45) is 0 Å². The molecule has 0 atom stereocenters. The summed E-state index contributed by atoms with van der Waals surface area (Å²) in [7, 11) is 3.21. The van der Waals surface area contributed by atoms with Crippen LogP contribution >= 0.6 is 0 Å². The average Bonchev–Trinajstić information content (AvgIpc) is 2.82. The van der Waals surface area contributed by atoms with Crippen molar-refractivity contribution >= 4 is 28.3 Å². The molecule has 3 aromatic heterocycles. The van der Waals surface area contributed by atoms with E-state index in [0.717, 1.165) is 12.3 Å². The van der Waals surface area contributed by atoms with Crippen molar-refractivity contribution in [2.75, 3.05) is 19.4 Å². The van der Waals surface area contributed by atoms with E-state index in [1.807, 2.05) is 0 Å². The van der Waals surface area contributed by atoms with Crippen LogP contribution in [0.15, 0.2) is 60.9 Å². The monoisotopic (exact) mass is 469 g/mol. The molecule has 4 aromatic rings. The molecule has 10 heteroatoms. The first kappa shape index (κ1) is 23.1. The number of anilines is 2. The number of nitrogens with zero attached hydrogens (tertiary/aromatic N) is 4. The van der Waals surface area contributed by atoms with Crippen molar-refractivity contribution < 1.29 is 22.4 Å². The number of pyridine rings is 3. The first-order chi connectivity index (χ1) is 16.2. The zero-order chi connectivity index (χ0) is 24.5. The summed E-state index contributed by atoms with van der Waals surface area (Å²) >= 11 is 0. The fourth-order valence-electron chi connectivity index (χ4n) is 3.37. The molecule has 3 heterocycles. The van der Waals surface area contributed by atoms with E-state index in [1.165, 1.54) is 29.3 Å². The van der Waals surface area contributed by atoms with Gasteiger partial charge in [0.15, 0.2) is 0 Å². The Labute approximate surface area is 192 Å². The van der Waals surface area contributed by atoms with Crippen LogP contribution in [0.5, 0.6) is 0 Å². The molecule has 0 saturated carbocycles. The second kappa shape index (κ2) is 9.05. The van der Waals surface area contributed by atoms with Crippen molar-refractivity contribution in [1.29, 1.82) is 0 Å². The maximum Gasteiger partial charge on any atom is 0.417 e. The SMILES string of the molecule is CN(C)C(=O)c1ccc(CF)c(-c2ccc3c(Nc4ccc(C(F)(F)F)cn4)ccnc3c2)n1. The predicted octanol–water partition coefficient (Wildman–Crippen LogP) is 5.63. The number of carbonyl (C=O) groups excluding carboxylic acids is 1. The number of rotatable bonds is 5. The molecule has 0 aliphatic heterocycles. The van der Waals surface area contributed by atoms with Gasteiger partial charge in [-0.15, -0.1) is 0 Å². The molecule has 0 unspecified atom stereocenters. The summed E-state index contributed by atoms with van der Waals surface area (Å²) in [5, 5.41) is 3.68. The number of alkyl halides is 4. The van der Waals surface area contributed by atoms with Crippen LogP contribution < -0.4 is 5.32 Å². The topological polar surface area (TPSA) is 71.0 Å². The normalized spacial score (nSPS) is 11.5. The predicted molar refractivity (Wildman–Crippen MR) is 120 cm³/mol. The molecular formula is C24H19F4N5O. The second-order valence-electron chi connectivity index (χ2n) is 7.68. The van der Waals surface area contributed by atoms with E-state index in [2.05, 4.69) is 20.3 Å². The quantitative estimate of drug-likeness (QED) is 0.384. The summed E-state index contributed by atoms with van der Waals surface area (Å²) in [6.07, 6.45) is -2.17. The number of fused-ring (bicyclic) bond motifs is 1. The lowest BCUT2D eigenvalue weighted by Crippen LogP contribution is -2.23. The minimum atomic E-state index is -4.47. The van der Waals surface area contributed by atoms with Gasteiger partial charge in [-0.3, -0.25) is 9.78 Å². The maximum absolute atomic E-state index is 13.6. The number of halogens is 4. The number of hydrogen-bond donors (Lipinski definition) is 1. The van der Waals surface area contributed by atoms with Gasteiger partial charge in [0.05, 0.1) is 22.5 Å². The van der Waals surface area contributed by atoms with Crippen LogP contribution in [0.3, 0.4) is 0 Å². The molecule has 4 rings (SSSR count). The van der Waals surface area contributed by atoms with Gasteiger partial charge in [0.2, 0.25) is 0 Å². The number of nitrogens with one attached hydrogen (secondary N) is 1.